The number of carbonyl (C=O) groups is 2. The molecule has 0 spiro atoms. The van der Waals surface area contributed by atoms with Gasteiger partial charge in [0, 0.05) is 12.2 Å². The first-order valence-corrected chi connectivity index (χ1v) is 8.73. The zero-order chi connectivity index (χ0) is 19.6. The molecule has 3 rings (SSSR count). The largest absolute Gasteiger partial charge is 0.497 e. The second-order valence-corrected chi connectivity index (χ2v) is 6.21. The topological polar surface area (TPSA) is 67.9 Å². The van der Waals surface area contributed by atoms with E-state index in [0.29, 0.717) is 33.3 Å². The molecule has 7 heteroatoms. The molecule has 1 aliphatic rings. The zero-order valence-corrected chi connectivity index (χ0v) is 16.0. The lowest BCUT2D eigenvalue weighted by atomic mass is 10.0. The van der Waals surface area contributed by atoms with Gasteiger partial charge in [0.05, 0.1) is 24.8 Å². The molecular formula is C20H19ClN2O4. The second-order valence-electron chi connectivity index (χ2n) is 5.81. The van der Waals surface area contributed by atoms with Crippen LogP contribution in [-0.4, -0.2) is 37.5 Å². The molecule has 0 aromatic heterocycles. The number of imide groups is 1. The monoisotopic (exact) mass is 386 g/mol. The van der Waals surface area contributed by atoms with Gasteiger partial charge in [0.25, 0.3) is 11.8 Å². The van der Waals surface area contributed by atoms with Gasteiger partial charge in [0.1, 0.15) is 17.2 Å². The second kappa shape index (κ2) is 7.72. The fourth-order valence-corrected chi connectivity index (χ4v) is 3.15. The van der Waals surface area contributed by atoms with Gasteiger partial charge < -0.3 is 14.8 Å². The highest BCUT2D eigenvalue weighted by molar-refractivity contribution is 6.36. The van der Waals surface area contributed by atoms with Crippen molar-refractivity contribution in [1.82, 2.24) is 4.90 Å². The molecule has 140 valence electrons. The number of halogens is 1. The number of nitrogens with one attached hydrogen (secondary N) is 1. The summed E-state index contributed by atoms with van der Waals surface area (Å²) in [5, 5.41) is 3.45. The van der Waals surface area contributed by atoms with Crippen LogP contribution < -0.4 is 14.8 Å². The lowest BCUT2D eigenvalue weighted by Crippen LogP contribution is -2.32. The van der Waals surface area contributed by atoms with E-state index in [1.54, 1.807) is 56.5 Å². The van der Waals surface area contributed by atoms with Crippen LogP contribution in [0.3, 0.4) is 0 Å². The van der Waals surface area contributed by atoms with Crippen LogP contribution in [0.25, 0.3) is 5.57 Å². The predicted molar refractivity (Wildman–Crippen MR) is 104 cm³/mol. The van der Waals surface area contributed by atoms with Crippen molar-refractivity contribution in [3.63, 3.8) is 0 Å². The number of rotatable bonds is 6. The summed E-state index contributed by atoms with van der Waals surface area (Å²) in [5.74, 6) is 0.477. The number of anilines is 1. The van der Waals surface area contributed by atoms with Crippen LogP contribution in [0.1, 0.15) is 12.5 Å². The Hall–Kier alpha value is -2.99. The molecular weight excluding hydrogens is 368 g/mol. The molecule has 2 aromatic rings. The van der Waals surface area contributed by atoms with E-state index >= 15 is 0 Å². The smallest absolute Gasteiger partial charge is 0.278 e. The van der Waals surface area contributed by atoms with Gasteiger partial charge in [-0.1, -0.05) is 23.7 Å². The summed E-state index contributed by atoms with van der Waals surface area (Å²) >= 11 is 6.17. The molecule has 0 unspecified atom stereocenters. The first-order valence-electron chi connectivity index (χ1n) is 8.35. The van der Waals surface area contributed by atoms with Crippen LogP contribution in [0.5, 0.6) is 11.5 Å². The molecule has 2 aromatic carbocycles. The molecule has 0 radical (unpaired) electrons. The van der Waals surface area contributed by atoms with Crippen molar-refractivity contribution < 1.29 is 19.1 Å². The molecule has 1 aliphatic heterocycles. The normalized spacial score (nSPS) is 14.0. The SMILES string of the molecule is CCN1C(=O)C(Nc2ccc(OC)c(Cl)c2)=C(c2ccc(OC)cc2)C1=O. The van der Waals surface area contributed by atoms with Crippen molar-refractivity contribution in [1.29, 1.82) is 0 Å². The molecule has 0 atom stereocenters. The summed E-state index contributed by atoms with van der Waals surface area (Å²) in [6.07, 6.45) is 0. The first kappa shape index (κ1) is 18.8. The molecule has 6 nitrogen and oxygen atoms in total. The third-order valence-electron chi connectivity index (χ3n) is 4.28. The molecule has 0 aliphatic carbocycles. The molecule has 1 heterocycles. The third kappa shape index (κ3) is 3.48. The van der Waals surface area contributed by atoms with Crippen LogP contribution in [-0.2, 0) is 9.59 Å². The Bertz CT molecular complexity index is 922. The maximum absolute atomic E-state index is 12.8. The molecule has 27 heavy (non-hydrogen) atoms. The van der Waals surface area contributed by atoms with E-state index in [2.05, 4.69) is 5.32 Å². The number of nitrogens with zero attached hydrogens (tertiary/aromatic N) is 1. The highest BCUT2D eigenvalue weighted by atomic mass is 35.5. The van der Waals surface area contributed by atoms with Crippen molar-refractivity contribution in [2.45, 2.75) is 6.92 Å². The minimum Gasteiger partial charge on any atom is -0.497 e. The predicted octanol–water partition coefficient (Wildman–Crippen LogP) is 3.57. The first-order chi connectivity index (χ1) is 13.0. The van der Waals surface area contributed by atoms with Crippen LogP contribution in [0.15, 0.2) is 48.2 Å². The Morgan fingerprint density at radius 2 is 1.70 bits per heavy atom. The van der Waals surface area contributed by atoms with Crippen LogP contribution in [0, 0.1) is 0 Å². The number of carbonyl (C=O) groups excluding carboxylic acids is 2. The fraction of sp³-hybridized carbons (Fsp3) is 0.200. The van der Waals surface area contributed by atoms with Gasteiger partial charge in [-0.3, -0.25) is 14.5 Å². The van der Waals surface area contributed by atoms with Gasteiger partial charge in [-0.05, 0) is 42.8 Å². The van der Waals surface area contributed by atoms with E-state index in [9.17, 15) is 9.59 Å². The molecule has 2 amide bonds. The van der Waals surface area contributed by atoms with Crippen molar-refractivity contribution >= 4 is 34.7 Å². The Labute approximate surface area is 162 Å². The van der Waals surface area contributed by atoms with Crippen molar-refractivity contribution in [3.8, 4) is 11.5 Å². The highest BCUT2D eigenvalue weighted by Gasteiger charge is 2.38. The van der Waals surface area contributed by atoms with Crippen LogP contribution in [0.2, 0.25) is 5.02 Å². The van der Waals surface area contributed by atoms with E-state index in [0.717, 1.165) is 0 Å². The average Bonchev–Trinajstić information content (AvgIpc) is 2.91. The molecule has 1 N–H and O–H groups in total. The summed E-state index contributed by atoms with van der Waals surface area (Å²) in [5.41, 5.74) is 1.75. The highest BCUT2D eigenvalue weighted by Crippen LogP contribution is 2.33. The fourth-order valence-electron chi connectivity index (χ4n) is 2.89. The van der Waals surface area contributed by atoms with E-state index in [-0.39, 0.29) is 24.1 Å². The lowest BCUT2D eigenvalue weighted by Gasteiger charge is -2.12. The molecule has 0 fully saturated rings. The summed E-state index contributed by atoms with van der Waals surface area (Å²) in [4.78, 5) is 26.8. The zero-order valence-electron chi connectivity index (χ0n) is 15.2. The number of hydrogen-bond donors (Lipinski definition) is 1. The molecule has 0 saturated carbocycles. The van der Waals surface area contributed by atoms with Crippen LogP contribution >= 0.6 is 11.6 Å². The number of likely N-dealkylation sites (N-methyl/N-ethyl adjacent to an activating group) is 1. The Morgan fingerprint density at radius 3 is 2.26 bits per heavy atom. The summed E-state index contributed by atoms with van der Waals surface area (Å²) < 4.78 is 10.3. The van der Waals surface area contributed by atoms with Gasteiger partial charge >= 0.3 is 0 Å². The van der Waals surface area contributed by atoms with Crippen molar-refractivity contribution in [2.24, 2.45) is 0 Å². The molecule has 0 bridgehead atoms. The quantitative estimate of drug-likeness (QED) is 0.769. The minimum absolute atomic E-state index is 0.216. The third-order valence-corrected chi connectivity index (χ3v) is 4.58. The van der Waals surface area contributed by atoms with Gasteiger partial charge in [-0.15, -0.1) is 0 Å². The van der Waals surface area contributed by atoms with E-state index < -0.39 is 0 Å². The number of ether oxygens (including phenoxy) is 2. The Morgan fingerprint density at radius 1 is 1.00 bits per heavy atom. The molecule has 0 saturated heterocycles. The maximum atomic E-state index is 12.8. The van der Waals surface area contributed by atoms with Gasteiger partial charge in [-0.25, -0.2) is 0 Å². The Kier molecular flexibility index (Phi) is 5.37. The maximum Gasteiger partial charge on any atom is 0.278 e. The number of amides is 2. The Balaban J connectivity index is 2.05. The summed E-state index contributed by atoms with van der Waals surface area (Å²) in [7, 11) is 3.09. The number of methoxy groups -OCH3 is 2. The lowest BCUT2D eigenvalue weighted by molar-refractivity contribution is -0.136. The van der Waals surface area contributed by atoms with Crippen LogP contribution in [0.4, 0.5) is 5.69 Å². The summed E-state index contributed by atoms with van der Waals surface area (Å²) in [6.45, 7) is 2.04. The number of hydrogen-bond acceptors (Lipinski definition) is 5. The van der Waals surface area contributed by atoms with Crippen molar-refractivity contribution in [3.05, 3.63) is 58.7 Å². The van der Waals surface area contributed by atoms with Gasteiger partial charge in [0.2, 0.25) is 0 Å². The van der Waals surface area contributed by atoms with E-state index in [4.69, 9.17) is 21.1 Å². The van der Waals surface area contributed by atoms with E-state index in [1.165, 1.54) is 12.0 Å². The van der Waals surface area contributed by atoms with Crippen molar-refractivity contribution in [2.75, 3.05) is 26.1 Å². The van der Waals surface area contributed by atoms with Gasteiger partial charge in [-0.2, -0.15) is 0 Å². The average molecular weight is 387 g/mol. The van der Waals surface area contributed by atoms with E-state index in [1.807, 2.05) is 0 Å². The van der Waals surface area contributed by atoms with Gasteiger partial charge in [0.15, 0.2) is 0 Å². The minimum atomic E-state index is -0.375. The number of benzene rings is 2. The standard InChI is InChI=1S/C20H19ClN2O4/c1-4-23-19(24)17(12-5-8-14(26-2)9-6-12)18(20(23)25)22-13-7-10-16(27-3)15(21)11-13/h5-11,22H,4H2,1-3H3. The summed E-state index contributed by atoms with van der Waals surface area (Å²) in [6, 6.07) is 12.1.